The van der Waals surface area contributed by atoms with Crippen LogP contribution in [0.15, 0.2) is 11.6 Å². The van der Waals surface area contributed by atoms with Crippen molar-refractivity contribution < 1.29 is 4.79 Å². The summed E-state index contributed by atoms with van der Waals surface area (Å²) in [5.41, 5.74) is 1.17. The zero-order valence-corrected chi connectivity index (χ0v) is 8.31. The van der Waals surface area contributed by atoms with Crippen LogP contribution < -0.4 is 5.32 Å². The number of hydrogen-bond acceptors (Lipinski definition) is 1. The van der Waals surface area contributed by atoms with E-state index in [0.717, 1.165) is 6.42 Å². The van der Waals surface area contributed by atoms with E-state index in [1.165, 1.54) is 18.4 Å². The third-order valence-electron chi connectivity index (χ3n) is 1.65. The molecule has 0 bridgehead atoms. The van der Waals surface area contributed by atoms with E-state index in [2.05, 4.69) is 12.2 Å². The highest BCUT2D eigenvalue weighted by molar-refractivity contribution is 5.88. The SMILES string of the molecule is CCCC/C(C)=C/C(=O)NCC. The number of rotatable bonds is 5. The van der Waals surface area contributed by atoms with Crippen molar-refractivity contribution in [2.24, 2.45) is 0 Å². The van der Waals surface area contributed by atoms with Crippen LogP contribution in [0.4, 0.5) is 0 Å². The molecule has 1 amide bonds. The second-order valence-corrected chi connectivity index (χ2v) is 2.99. The van der Waals surface area contributed by atoms with Crippen molar-refractivity contribution >= 4 is 5.91 Å². The van der Waals surface area contributed by atoms with E-state index >= 15 is 0 Å². The van der Waals surface area contributed by atoms with Crippen molar-refractivity contribution in [1.29, 1.82) is 0 Å². The average Bonchev–Trinajstić information content (AvgIpc) is 2.01. The summed E-state index contributed by atoms with van der Waals surface area (Å²) in [5.74, 6) is 0.0334. The number of hydrogen-bond donors (Lipinski definition) is 1. The Bertz CT molecular complexity index is 161. The predicted octanol–water partition coefficient (Wildman–Crippen LogP) is 2.26. The first kappa shape index (κ1) is 11.2. The topological polar surface area (TPSA) is 29.1 Å². The van der Waals surface area contributed by atoms with E-state index < -0.39 is 0 Å². The molecule has 0 rings (SSSR count). The minimum atomic E-state index is 0.0334. The summed E-state index contributed by atoms with van der Waals surface area (Å²) in [7, 11) is 0. The molecule has 1 N–H and O–H groups in total. The van der Waals surface area contributed by atoms with Gasteiger partial charge in [-0.2, -0.15) is 0 Å². The summed E-state index contributed by atoms with van der Waals surface area (Å²) >= 11 is 0. The Labute approximate surface area is 75.0 Å². The Morgan fingerprint density at radius 3 is 2.58 bits per heavy atom. The Balaban J connectivity index is 3.72. The molecule has 0 aromatic heterocycles. The second kappa shape index (κ2) is 6.89. The molecule has 70 valence electrons. The molecule has 0 unspecified atom stereocenters. The van der Waals surface area contributed by atoms with Crippen LogP contribution in [0.5, 0.6) is 0 Å². The minimum absolute atomic E-state index is 0.0334. The first-order chi connectivity index (χ1) is 5.70. The van der Waals surface area contributed by atoms with Crippen LogP contribution in [0.2, 0.25) is 0 Å². The van der Waals surface area contributed by atoms with Crippen LogP contribution in [0.3, 0.4) is 0 Å². The van der Waals surface area contributed by atoms with Gasteiger partial charge in [-0.1, -0.05) is 18.9 Å². The standard InChI is InChI=1S/C10H19NO/c1-4-6-7-9(3)8-10(12)11-5-2/h8H,4-7H2,1-3H3,(H,11,12)/b9-8+. The molecule has 0 radical (unpaired) electrons. The number of allylic oxidation sites excluding steroid dienone is 1. The normalized spacial score (nSPS) is 11.4. The van der Waals surface area contributed by atoms with Crippen molar-refractivity contribution in [3.05, 3.63) is 11.6 Å². The fourth-order valence-corrected chi connectivity index (χ4v) is 0.977. The van der Waals surface area contributed by atoms with Crippen LogP contribution in [0.25, 0.3) is 0 Å². The number of likely N-dealkylation sites (N-methyl/N-ethyl adjacent to an activating group) is 1. The zero-order valence-electron chi connectivity index (χ0n) is 8.31. The lowest BCUT2D eigenvalue weighted by Gasteiger charge is -1.99. The maximum atomic E-state index is 11.0. The first-order valence-corrected chi connectivity index (χ1v) is 4.65. The van der Waals surface area contributed by atoms with Gasteiger partial charge in [-0.3, -0.25) is 4.79 Å². The number of carbonyl (C=O) groups is 1. The van der Waals surface area contributed by atoms with Gasteiger partial charge in [0, 0.05) is 12.6 Å². The summed E-state index contributed by atoms with van der Waals surface area (Å²) < 4.78 is 0. The van der Waals surface area contributed by atoms with Crippen LogP contribution in [0.1, 0.15) is 40.0 Å². The molecule has 0 aromatic rings. The fourth-order valence-electron chi connectivity index (χ4n) is 0.977. The summed E-state index contributed by atoms with van der Waals surface area (Å²) in [6, 6.07) is 0. The largest absolute Gasteiger partial charge is 0.353 e. The first-order valence-electron chi connectivity index (χ1n) is 4.65. The number of amides is 1. The van der Waals surface area contributed by atoms with Gasteiger partial charge in [-0.25, -0.2) is 0 Å². The van der Waals surface area contributed by atoms with Crippen molar-refractivity contribution in [3.8, 4) is 0 Å². The van der Waals surface area contributed by atoms with Gasteiger partial charge in [-0.15, -0.1) is 0 Å². The van der Waals surface area contributed by atoms with Gasteiger partial charge in [0.2, 0.25) is 5.91 Å². The van der Waals surface area contributed by atoms with Gasteiger partial charge >= 0.3 is 0 Å². The molecule has 0 aromatic carbocycles. The minimum Gasteiger partial charge on any atom is -0.353 e. The lowest BCUT2D eigenvalue weighted by Crippen LogP contribution is -2.20. The van der Waals surface area contributed by atoms with Crippen molar-refractivity contribution in [1.82, 2.24) is 5.32 Å². The summed E-state index contributed by atoms with van der Waals surface area (Å²) in [6.07, 6.45) is 5.08. The highest BCUT2D eigenvalue weighted by atomic mass is 16.1. The average molecular weight is 169 g/mol. The lowest BCUT2D eigenvalue weighted by atomic mass is 10.1. The molecular formula is C10H19NO. The molecule has 0 fully saturated rings. The van der Waals surface area contributed by atoms with Gasteiger partial charge < -0.3 is 5.32 Å². The molecular weight excluding hydrogens is 150 g/mol. The van der Waals surface area contributed by atoms with E-state index in [9.17, 15) is 4.79 Å². The molecule has 0 spiro atoms. The summed E-state index contributed by atoms with van der Waals surface area (Å²) in [4.78, 5) is 11.0. The fraction of sp³-hybridized carbons (Fsp3) is 0.700. The molecule has 0 aliphatic rings. The van der Waals surface area contributed by atoms with Crippen LogP contribution in [0, 0.1) is 0 Å². The van der Waals surface area contributed by atoms with E-state index in [1.807, 2.05) is 13.8 Å². The Kier molecular flexibility index (Phi) is 6.44. The molecule has 0 aliphatic carbocycles. The third kappa shape index (κ3) is 5.96. The Morgan fingerprint density at radius 2 is 2.08 bits per heavy atom. The maximum Gasteiger partial charge on any atom is 0.243 e. The second-order valence-electron chi connectivity index (χ2n) is 2.99. The third-order valence-corrected chi connectivity index (χ3v) is 1.65. The van der Waals surface area contributed by atoms with Gasteiger partial charge in [0.25, 0.3) is 0 Å². The van der Waals surface area contributed by atoms with E-state index in [0.29, 0.717) is 6.54 Å². The van der Waals surface area contributed by atoms with Crippen LogP contribution in [-0.2, 0) is 4.79 Å². The molecule has 0 aliphatic heterocycles. The quantitative estimate of drug-likeness (QED) is 0.628. The van der Waals surface area contributed by atoms with Crippen molar-refractivity contribution in [2.75, 3.05) is 6.54 Å². The molecule has 0 atom stereocenters. The van der Waals surface area contributed by atoms with E-state index in [1.54, 1.807) is 6.08 Å². The maximum absolute atomic E-state index is 11.0. The van der Waals surface area contributed by atoms with Gasteiger partial charge in [0.1, 0.15) is 0 Å². The van der Waals surface area contributed by atoms with Gasteiger partial charge in [-0.05, 0) is 26.7 Å². The summed E-state index contributed by atoms with van der Waals surface area (Å²) in [6.45, 7) is 6.79. The van der Waals surface area contributed by atoms with E-state index in [4.69, 9.17) is 0 Å². The highest BCUT2D eigenvalue weighted by Gasteiger charge is 1.94. The molecule has 2 heteroatoms. The molecule has 0 heterocycles. The van der Waals surface area contributed by atoms with Crippen LogP contribution in [-0.4, -0.2) is 12.5 Å². The smallest absolute Gasteiger partial charge is 0.243 e. The van der Waals surface area contributed by atoms with E-state index in [-0.39, 0.29) is 5.91 Å². The van der Waals surface area contributed by atoms with Gasteiger partial charge in [0.15, 0.2) is 0 Å². The van der Waals surface area contributed by atoms with Crippen molar-refractivity contribution in [3.63, 3.8) is 0 Å². The molecule has 12 heavy (non-hydrogen) atoms. The highest BCUT2D eigenvalue weighted by Crippen LogP contribution is 2.04. The number of nitrogens with one attached hydrogen (secondary N) is 1. The number of unbranched alkanes of at least 4 members (excludes halogenated alkanes) is 1. The molecule has 0 saturated carbocycles. The lowest BCUT2D eigenvalue weighted by molar-refractivity contribution is -0.116. The van der Waals surface area contributed by atoms with Gasteiger partial charge in [0.05, 0.1) is 0 Å². The zero-order chi connectivity index (χ0) is 9.40. The monoisotopic (exact) mass is 169 g/mol. The molecule has 2 nitrogen and oxygen atoms in total. The Morgan fingerprint density at radius 1 is 1.42 bits per heavy atom. The van der Waals surface area contributed by atoms with Crippen LogP contribution >= 0.6 is 0 Å². The van der Waals surface area contributed by atoms with Crippen molar-refractivity contribution in [2.45, 2.75) is 40.0 Å². The predicted molar refractivity (Wildman–Crippen MR) is 52.0 cm³/mol. The number of carbonyl (C=O) groups excluding carboxylic acids is 1. The molecule has 0 saturated heterocycles. The summed E-state index contributed by atoms with van der Waals surface area (Å²) in [5, 5.41) is 2.74. The Hall–Kier alpha value is -0.790.